The normalized spacial score (nSPS) is 10.3. The van der Waals surface area contributed by atoms with Crippen LogP contribution in [0.5, 0.6) is 11.6 Å². The summed E-state index contributed by atoms with van der Waals surface area (Å²) in [5, 5.41) is 19.8. The second-order valence-electron chi connectivity index (χ2n) is 4.05. The second kappa shape index (κ2) is 5.98. The Kier molecular flexibility index (Phi) is 4.31. The highest BCUT2D eigenvalue weighted by atomic mass is 79.9. The van der Waals surface area contributed by atoms with E-state index in [1.807, 2.05) is 0 Å². The van der Waals surface area contributed by atoms with E-state index in [4.69, 9.17) is 9.84 Å². The number of aliphatic hydroxyl groups excluding tert-OH is 1. The molecule has 0 saturated carbocycles. The number of benzene rings is 1. The van der Waals surface area contributed by atoms with Gasteiger partial charge in [-0.15, -0.1) is 0 Å². The first-order valence-electron chi connectivity index (χ1n) is 5.70. The van der Waals surface area contributed by atoms with E-state index in [1.165, 1.54) is 0 Å². The van der Waals surface area contributed by atoms with E-state index in [-0.39, 0.29) is 18.2 Å². The fourth-order valence-electron chi connectivity index (χ4n) is 1.58. The summed E-state index contributed by atoms with van der Waals surface area (Å²) >= 11 is 3.25. The maximum atomic E-state index is 10.8. The summed E-state index contributed by atoms with van der Waals surface area (Å²) in [4.78, 5) is 14.2. The van der Waals surface area contributed by atoms with E-state index < -0.39 is 4.92 Å². The van der Waals surface area contributed by atoms with Gasteiger partial charge in [-0.05, 0) is 40.5 Å². The Balaban J connectivity index is 2.29. The van der Waals surface area contributed by atoms with Gasteiger partial charge in [0.1, 0.15) is 11.9 Å². The lowest BCUT2D eigenvalue weighted by Gasteiger charge is -2.08. The van der Waals surface area contributed by atoms with Crippen molar-refractivity contribution >= 4 is 21.6 Å². The van der Waals surface area contributed by atoms with Crippen molar-refractivity contribution in [2.24, 2.45) is 0 Å². The molecule has 0 bridgehead atoms. The molecule has 6 nitrogen and oxygen atoms in total. The van der Waals surface area contributed by atoms with E-state index in [9.17, 15) is 10.1 Å². The Morgan fingerprint density at radius 3 is 2.60 bits per heavy atom. The van der Waals surface area contributed by atoms with Crippen molar-refractivity contribution in [1.29, 1.82) is 0 Å². The van der Waals surface area contributed by atoms with Crippen LogP contribution in [0.15, 0.2) is 34.9 Å². The minimum atomic E-state index is -0.493. The second-order valence-corrected chi connectivity index (χ2v) is 4.84. The van der Waals surface area contributed by atoms with Gasteiger partial charge in [0.2, 0.25) is 5.88 Å². The predicted molar refractivity (Wildman–Crippen MR) is 75.8 cm³/mol. The zero-order valence-electron chi connectivity index (χ0n) is 10.5. The van der Waals surface area contributed by atoms with Crippen LogP contribution >= 0.6 is 15.9 Å². The van der Waals surface area contributed by atoms with Crippen LogP contribution in [0.2, 0.25) is 0 Å². The van der Waals surface area contributed by atoms with Crippen LogP contribution in [-0.2, 0) is 6.61 Å². The lowest BCUT2D eigenvalue weighted by atomic mass is 10.2. The van der Waals surface area contributed by atoms with Crippen LogP contribution in [0, 0.1) is 17.0 Å². The molecule has 1 aromatic heterocycles. The Hall–Kier alpha value is -1.99. The first-order valence-corrected chi connectivity index (χ1v) is 6.49. The quantitative estimate of drug-likeness (QED) is 0.682. The van der Waals surface area contributed by atoms with Crippen molar-refractivity contribution < 1.29 is 14.8 Å². The number of pyridine rings is 1. The van der Waals surface area contributed by atoms with Gasteiger partial charge in [0.15, 0.2) is 0 Å². The van der Waals surface area contributed by atoms with Crippen LogP contribution in [-0.4, -0.2) is 15.0 Å². The molecule has 0 aliphatic carbocycles. The van der Waals surface area contributed by atoms with Gasteiger partial charge in [-0.2, -0.15) is 0 Å². The van der Waals surface area contributed by atoms with Crippen molar-refractivity contribution in [1.82, 2.24) is 4.98 Å². The molecule has 1 aromatic carbocycles. The Morgan fingerprint density at radius 2 is 2.05 bits per heavy atom. The molecule has 0 spiro atoms. The standard InChI is InChI=1S/C13H11BrN2O4/c1-8-11(16(18)19)6-15-13(12(8)14)20-10-4-2-9(7-17)3-5-10/h2-6,17H,7H2,1H3. The van der Waals surface area contributed by atoms with Gasteiger partial charge in [-0.3, -0.25) is 10.1 Å². The van der Waals surface area contributed by atoms with E-state index in [0.29, 0.717) is 15.8 Å². The smallest absolute Gasteiger partial charge is 0.291 e. The maximum absolute atomic E-state index is 10.8. The Morgan fingerprint density at radius 1 is 1.40 bits per heavy atom. The molecular formula is C13H11BrN2O4. The molecule has 0 unspecified atom stereocenters. The number of ether oxygens (including phenoxy) is 1. The molecule has 0 aliphatic rings. The monoisotopic (exact) mass is 338 g/mol. The summed E-state index contributed by atoms with van der Waals surface area (Å²) in [5.41, 5.74) is 1.15. The summed E-state index contributed by atoms with van der Waals surface area (Å²) in [6.45, 7) is 1.57. The van der Waals surface area contributed by atoms with Crippen molar-refractivity contribution in [3.05, 3.63) is 56.2 Å². The molecule has 0 atom stereocenters. The van der Waals surface area contributed by atoms with Crippen LogP contribution in [0.1, 0.15) is 11.1 Å². The minimum absolute atomic E-state index is 0.0428. The third-order valence-electron chi connectivity index (χ3n) is 2.72. The molecule has 0 aliphatic heterocycles. The highest BCUT2D eigenvalue weighted by Crippen LogP contribution is 2.34. The van der Waals surface area contributed by atoms with Crippen LogP contribution in [0.25, 0.3) is 0 Å². The molecule has 7 heteroatoms. The fraction of sp³-hybridized carbons (Fsp3) is 0.154. The Bertz CT molecular complexity index is 644. The zero-order valence-corrected chi connectivity index (χ0v) is 12.1. The van der Waals surface area contributed by atoms with Crippen molar-refractivity contribution in [3.8, 4) is 11.6 Å². The zero-order chi connectivity index (χ0) is 14.7. The summed E-state index contributed by atoms with van der Waals surface area (Å²) < 4.78 is 6.00. The summed E-state index contributed by atoms with van der Waals surface area (Å²) in [7, 11) is 0. The molecule has 0 saturated heterocycles. The molecule has 1 N–H and O–H groups in total. The molecular weight excluding hydrogens is 328 g/mol. The minimum Gasteiger partial charge on any atom is -0.438 e. The number of aliphatic hydroxyl groups is 1. The van der Waals surface area contributed by atoms with E-state index in [0.717, 1.165) is 11.8 Å². The lowest BCUT2D eigenvalue weighted by molar-refractivity contribution is -0.385. The number of nitrogens with zero attached hydrogens (tertiary/aromatic N) is 2. The van der Waals surface area contributed by atoms with Gasteiger partial charge < -0.3 is 9.84 Å². The van der Waals surface area contributed by atoms with E-state index >= 15 is 0 Å². The molecule has 2 rings (SSSR count). The molecule has 0 fully saturated rings. The Labute approximate surface area is 123 Å². The topological polar surface area (TPSA) is 85.5 Å². The van der Waals surface area contributed by atoms with Gasteiger partial charge in [-0.25, -0.2) is 4.98 Å². The van der Waals surface area contributed by atoms with Crippen molar-refractivity contribution in [2.45, 2.75) is 13.5 Å². The number of aromatic nitrogens is 1. The van der Waals surface area contributed by atoms with E-state index in [2.05, 4.69) is 20.9 Å². The third kappa shape index (κ3) is 2.94. The van der Waals surface area contributed by atoms with Crippen LogP contribution < -0.4 is 4.74 Å². The first-order chi connectivity index (χ1) is 9.52. The molecule has 1 heterocycles. The summed E-state index contributed by atoms with van der Waals surface area (Å²) in [6, 6.07) is 6.83. The molecule has 0 amide bonds. The maximum Gasteiger partial charge on any atom is 0.291 e. The third-order valence-corrected chi connectivity index (χ3v) is 3.66. The largest absolute Gasteiger partial charge is 0.438 e. The number of hydrogen-bond donors (Lipinski definition) is 1. The van der Waals surface area contributed by atoms with Gasteiger partial charge in [0, 0.05) is 5.56 Å². The highest BCUT2D eigenvalue weighted by Gasteiger charge is 2.18. The van der Waals surface area contributed by atoms with Crippen molar-refractivity contribution in [2.75, 3.05) is 0 Å². The average Bonchev–Trinajstić information content (AvgIpc) is 2.44. The average molecular weight is 339 g/mol. The highest BCUT2D eigenvalue weighted by molar-refractivity contribution is 9.10. The summed E-state index contributed by atoms with van der Waals surface area (Å²) in [6.07, 6.45) is 1.16. The summed E-state index contributed by atoms with van der Waals surface area (Å²) in [5.74, 6) is 0.786. The molecule has 20 heavy (non-hydrogen) atoms. The molecule has 2 aromatic rings. The lowest BCUT2D eigenvalue weighted by Crippen LogP contribution is -1.97. The number of nitro groups is 1. The SMILES string of the molecule is Cc1c([N+](=O)[O-])cnc(Oc2ccc(CO)cc2)c1Br. The predicted octanol–water partition coefficient (Wildman–Crippen LogP) is 3.35. The van der Waals surface area contributed by atoms with Gasteiger partial charge >= 0.3 is 0 Å². The number of hydrogen-bond acceptors (Lipinski definition) is 5. The number of halogens is 1. The molecule has 0 radical (unpaired) electrons. The van der Waals surface area contributed by atoms with Crippen LogP contribution in [0.4, 0.5) is 5.69 Å². The van der Waals surface area contributed by atoms with Gasteiger partial charge in [-0.1, -0.05) is 12.1 Å². The molecule has 104 valence electrons. The fourth-order valence-corrected chi connectivity index (χ4v) is 1.96. The van der Waals surface area contributed by atoms with Crippen molar-refractivity contribution in [3.63, 3.8) is 0 Å². The first kappa shape index (κ1) is 14.4. The van der Waals surface area contributed by atoms with Gasteiger partial charge in [0.05, 0.1) is 16.0 Å². The number of rotatable bonds is 4. The van der Waals surface area contributed by atoms with Gasteiger partial charge in [0.25, 0.3) is 5.69 Å². The van der Waals surface area contributed by atoms with Crippen LogP contribution in [0.3, 0.4) is 0 Å². The van der Waals surface area contributed by atoms with E-state index in [1.54, 1.807) is 31.2 Å².